The molecular formula is C25H16Cl3N3O3. The van der Waals surface area contributed by atoms with Crippen molar-refractivity contribution in [1.82, 2.24) is 15.1 Å². The zero-order valence-electron chi connectivity index (χ0n) is 17.5. The van der Waals surface area contributed by atoms with E-state index in [1.165, 1.54) is 0 Å². The lowest BCUT2D eigenvalue weighted by Gasteiger charge is -2.27. The van der Waals surface area contributed by atoms with Crippen LogP contribution in [0.3, 0.4) is 0 Å². The third kappa shape index (κ3) is 3.50. The highest BCUT2D eigenvalue weighted by Crippen LogP contribution is 2.45. The zero-order valence-corrected chi connectivity index (χ0v) is 19.8. The van der Waals surface area contributed by atoms with Crippen LogP contribution in [-0.2, 0) is 6.54 Å². The standard InChI is InChI=1S/C25H16Cl3N3O3/c26-16-5-2-14(3-6-16)22-21-23(30-29-22)25(32)31(24(21)15-4-7-17(27)18(28)10-15)11-13-1-8-19-20(9-13)34-12-33-19/h1-10,24H,11-12H2,(H,29,30). The molecule has 1 unspecified atom stereocenters. The predicted molar refractivity (Wildman–Crippen MR) is 130 cm³/mol. The van der Waals surface area contributed by atoms with E-state index in [-0.39, 0.29) is 12.7 Å². The Balaban J connectivity index is 1.47. The second-order valence-electron chi connectivity index (χ2n) is 8.06. The molecule has 6 rings (SSSR count). The van der Waals surface area contributed by atoms with Crippen LogP contribution in [0, 0.1) is 0 Å². The molecule has 1 aromatic heterocycles. The summed E-state index contributed by atoms with van der Waals surface area (Å²) in [5.41, 5.74) is 4.51. The van der Waals surface area contributed by atoms with Crippen LogP contribution in [0.15, 0.2) is 60.7 Å². The molecule has 1 amide bonds. The van der Waals surface area contributed by atoms with Gasteiger partial charge < -0.3 is 14.4 Å². The molecule has 4 aromatic rings. The second-order valence-corrected chi connectivity index (χ2v) is 9.32. The summed E-state index contributed by atoms with van der Waals surface area (Å²) in [4.78, 5) is 15.4. The summed E-state index contributed by atoms with van der Waals surface area (Å²) >= 11 is 18.6. The number of carbonyl (C=O) groups is 1. The molecule has 9 heteroatoms. The van der Waals surface area contributed by atoms with Crippen molar-refractivity contribution in [3.8, 4) is 22.8 Å². The summed E-state index contributed by atoms with van der Waals surface area (Å²) in [6, 6.07) is 18.0. The number of H-pyrrole nitrogens is 1. The van der Waals surface area contributed by atoms with Crippen molar-refractivity contribution < 1.29 is 14.3 Å². The van der Waals surface area contributed by atoms with E-state index in [4.69, 9.17) is 44.3 Å². The molecule has 6 nitrogen and oxygen atoms in total. The number of aromatic amines is 1. The Morgan fingerprint density at radius 1 is 0.941 bits per heavy atom. The van der Waals surface area contributed by atoms with Crippen molar-refractivity contribution >= 4 is 40.7 Å². The Kier molecular flexibility index (Phi) is 5.17. The van der Waals surface area contributed by atoms with E-state index in [9.17, 15) is 4.79 Å². The summed E-state index contributed by atoms with van der Waals surface area (Å²) < 4.78 is 10.9. The van der Waals surface area contributed by atoms with Crippen molar-refractivity contribution in [2.45, 2.75) is 12.6 Å². The lowest BCUT2D eigenvalue weighted by molar-refractivity contribution is 0.0730. The second kappa shape index (κ2) is 8.24. The number of carbonyl (C=O) groups excluding carboxylic acids is 1. The normalized spacial score (nSPS) is 16.3. The number of benzene rings is 3. The highest BCUT2D eigenvalue weighted by atomic mass is 35.5. The Hall–Kier alpha value is -3.19. The van der Waals surface area contributed by atoms with Gasteiger partial charge >= 0.3 is 0 Å². The molecule has 0 aliphatic carbocycles. The first-order valence-electron chi connectivity index (χ1n) is 10.5. The molecule has 0 radical (unpaired) electrons. The maximum atomic E-state index is 13.6. The first-order chi connectivity index (χ1) is 16.5. The van der Waals surface area contributed by atoms with E-state index < -0.39 is 6.04 Å². The van der Waals surface area contributed by atoms with Gasteiger partial charge in [-0.1, -0.05) is 59.1 Å². The Labute approximate surface area is 210 Å². The minimum absolute atomic E-state index is 0.156. The minimum Gasteiger partial charge on any atom is -0.454 e. The molecule has 0 bridgehead atoms. The zero-order chi connectivity index (χ0) is 23.4. The first kappa shape index (κ1) is 21.4. The first-order valence-corrected chi connectivity index (χ1v) is 11.6. The van der Waals surface area contributed by atoms with E-state index in [2.05, 4.69) is 10.2 Å². The molecule has 170 valence electrons. The molecule has 0 saturated carbocycles. The summed E-state index contributed by atoms with van der Waals surface area (Å²) in [5, 5.41) is 8.92. The number of aromatic nitrogens is 2. The highest BCUT2D eigenvalue weighted by Gasteiger charge is 2.42. The van der Waals surface area contributed by atoms with Crippen molar-refractivity contribution in [3.63, 3.8) is 0 Å². The molecule has 2 aliphatic heterocycles. The molecule has 1 atom stereocenters. The Morgan fingerprint density at radius 3 is 2.53 bits per heavy atom. The van der Waals surface area contributed by atoms with Crippen LogP contribution in [0.1, 0.15) is 33.2 Å². The van der Waals surface area contributed by atoms with E-state index in [1.54, 1.807) is 29.2 Å². The van der Waals surface area contributed by atoms with Gasteiger partial charge in [-0.2, -0.15) is 5.10 Å². The average Bonchev–Trinajstić information content (AvgIpc) is 3.53. The largest absolute Gasteiger partial charge is 0.454 e. The van der Waals surface area contributed by atoms with Crippen LogP contribution in [0.5, 0.6) is 11.5 Å². The number of ether oxygens (including phenoxy) is 2. The number of rotatable bonds is 4. The molecular weight excluding hydrogens is 497 g/mol. The topological polar surface area (TPSA) is 67.5 Å². The van der Waals surface area contributed by atoms with Gasteiger partial charge in [-0.15, -0.1) is 0 Å². The lowest BCUT2D eigenvalue weighted by Crippen LogP contribution is -2.29. The minimum atomic E-state index is -0.424. The number of fused-ring (bicyclic) bond motifs is 2. The summed E-state index contributed by atoms with van der Waals surface area (Å²) in [6.45, 7) is 0.539. The fourth-order valence-electron chi connectivity index (χ4n) is 4.45. The molecule has 2 aliphatic rings. The van der Waals surface area contributed by atoms with E-state index in [0.717, 1.165) is 22.3 Å². The monoisotopic (exact) mass is 511 g/mol. The average molecular weight is 513 g/mol. The van der Waals surface area contributed by atoms with Crippen molar-refractivity contribution in [2.24, 2.45) is 0 Å². The number of nitrogens with zero attached hydrogens (tertiary/aromatic N) is 2. The van der Waals surface area contributed by atoms with E-state index >= 15 is 0 Å². The van der Waals surface area contributed by atoms with Crippen LogP contribution in [-0.4, -0.2) is 27.8 Å². The molecule has 0 saturated heterocycles. The van der Waals surface area contributed by atoms with Crippen molar-refractivity contribution in [3.05, 3.63) is 98.1 Å². The number of hydrogen-bond acceptors (Lipinski definition) is 4. The predicted octanol–water partition coefficient (Wildman–Crippen LogP) is 6.51. The smallest absolute Gasteiger partial charge is 0.273 e. The third-order valence-corrected chi connectivity index (χ3v) is 7.02. The maximum Gasteiger partial charge on any atom is 0.273 e. The maximum absolute atomic E-state index is 13.6. The number of amides is 1. The summed E-state index contributed by atoms with van der Waals surface area (Å²) in [5.74, 6) is 1.20. The van der Waals surface area contributed by atoms with Crippen LogP contribution in [0.25, 0.3) is 11.3 Å². The molecule has 1 N–H and O–H groups in total. The van der Waals surface area contributed by atoms with Gasteiger partial charge in [0.25, 0.3) is 5.91 Å². The fraction of sp³-hybridized carbons (Fsp3) is 0.120. The molecule has 3 heterocycles. The molecule has 34 heavy (non-hydrogen) atoms. The van der Waals surface area contributed by atoms with Gasteiger partial charge in [-0.05, 0) is 47.5 Å². The lowest BCUT2D eigenvalue weighted by atomic mass is 9.96. The van der Waals surface area contributed by atoms with Gasteiger partial charge in [0.1, 0.15) is 5.69 Å². The molecule has 3 aromatic carbocycles. The molecule has 0 spiro atoms. The van der Waals surface area contributed by atoms with Crippen LogP contribution >= 0.6 is 34.8 Å². The number of halogens is 3. The summed E-state index contributed by atoms with van der Waals surface area (Å²) in [7, 11) is 0. The third-order valence-electron chi connectivity index (χ3n) is 6.03. The fourth-order valence-corrected chi connectivity index (χ4v) is 4.89. The van der Waals surface area contributed by atoms with Gasteiger partial charge in [0.05, 0.1) is 21.8 Å². The molecule has 0 fully saturated rings. The van der Waals surface area contributed by atoms with Gasteiger partial charge in [0, 0.05) is 22.7 Å². The van der Waals surface area contributed by atoms with Crippen LogP contribution in [0.2, 0.25) is 15.1 Å². The van der Waals surface area contributed by atoms with E-state index in [1.807, 2.05) is 36.4 Å². The SMILES string of the molecule is O=C1c2[nH]nc(-c3ccc(Cl)cc3)c2C(c2ccc(Cl)c(Cl)c2)N1Cc1ccc2c(c1)OCO2. The van der Waals surface area contributed by atoms with Gasteiger partial charge in [-0.3, -0.25) is 9.89 Å². The van der Waals surface area contributed by atoms with Crippen LogP contribution in [0.4, 0.5) is 0 Å². The Morgan fingerprint density at radius 2 is 1.74 bits per heavy atom. The summed E-state index contributed by atoms with van der Waals surface area (Å²) in [6.07, 6.45) is 0. The quantitative estimate of drug-likeness (QED) is 0.338. The van der Waals surface area contributed by atoms with Gasteiger partial charge in [0.15, 0.2) is 11.5 Å². The van der Waals surface area contributed by atoms with Crippen LogP contribution < -0.4 is 9.47 Å². The van der Waals surface area contributed by atoms with Gasteiger partial charge in [0.2, 0.25) is 6.79 Å². The number of hydrogen-bond donors (Lipinski definition) is 1. The Bertz CT molecular complexity index is 1440. The van der Waals surface area contributed by atoms with Crippen molar-refractivity contribution in [1.29, 1.82) is 0 Å². The van der Waals surface area contributed by atoms with E-state index in [0.29, 0.717) is 44.5 Å². The highest BCUT2D eigenvalue weighted by molar-refractivity contribution is 6.42. The van der Waals surface area contributed by atoms with Gasteiger partial charge in [-0.25, -0.2) is 0 Å². The number of nitrogens with one attached hydrogen (secondary N) is 1. The van der Waals surface area contributed by atoms with Crippen molar-refractivity contribution in [2.75, 3.05) is 6.79 Å².